The maximum absolute atomic E-state index is 12.9. The van der Waals surface area contributed by atoms with E-state index in [-0.39, 0.29) is 5.91 Å². The van der Waals surface area contributed by atoms with Crippen LogP contribution in [0.25, 0.3) is 0 Å². The number of halogens is 1. The Kier molecular flexibility index (Phi) is 6.38. The van der Waals surface area contributed by atoms with Gasteiger partial charge in [0.05, 0.1) is 13.2 Å². The van der Waals surface area contributed by atoms with Crippen molar-refractivity contribution in [2.75, 3.05) is 57.4 Å². The summed E-state index contributed by atoms with van der Waals surface area (Å²) in [5.74, 6) is 0.123. The summed E-state index contributed by atoms with van der Waals surface area (Å²) in [7, 11) is 0. The van der Waals surface area contributed by atoms with Crippen molar-refractivity contribution in [1.29, 1.82) is 0 Å². The van der Waals surface area contributed by atoms with E-state index in [0.717, 1.165) is 69.6 Å². The highest BCUT2D eigenvalue weighted by molar-refractivity contribution is 6.30. The molecular formula is C23H29ClN3O2+. The molecule has 154 valence electrons. The summed E-state index contributed by atoms with van der Waals surface area (Å²) in [4.78, 5) is 18.7. The molecule has 2 saturated heterocycles. The zero-order chi connectivity index (χ0) is 20.2. The van der Waals surface area contributed by atoms with Crippen molar-refractivity contribution in [1.82, 2.24) is 4.90 Å². The minimum absolute atomic E-state index is 0.123. The maximum atomic E-state index is 12.9. The lowest BCUT2D eigenvalue weighted by atomic mass is 10.1. The summed E-state index contributed by atoms with van der Waals surface area (Å²) in [6.45, 7) is 9.98. The van der Waals surface area contributed by atoms with E-state index in [1.165, 1.54) is 16.8 Å². The van der Waals surface area contributed by atoms with Crippen LogP contribution in [0.4, 0.5) is 5.69 Å². The lowest BCUT2D eigenvalue weighted by Gasteiger charge is -2.37. The van der Waals surface area contributed by atoms with Crippen LogP contribution in [0.1, 0.15) is 21.5 Å². The van der Waals surface area contributed by atoms with Gasteiger partial charge < -0.3 is 19.4 Å². The molecule has 0 unspecified atom stereocenters. The maximum Gasteiger partial charge on any atom is 0.253 e. The van der Waals surface area contributed by atoms with E-state index < -0.39 is 0 Å². The number of piperazine rings is 1. The Labute approximate surface area is 177 Å². The fraction of sp³-hybridized carbons (Fsp3) is 0.435. The van der Waals surface area contributed by atoms with Crippen LogP contribution in [0, 0.1) is 6.92 Å². The number of carbonyl (C=O) groups is 1. The van der Waals surface area contributed by atoms with Gasteiger partial charge in [-0.1, -0.05) is 29.8 Å². The third kappa shape index (κ3) is 4.92. The molecule has 1 amide bonds. The molecule has 2 aliphatic heterocycles. The van der Waals surface area contributed by atoms with Crippen molar-refractivity contribution in [3.05, 3.63) is 64.2 Å². The van der Waals surface area contributed by atoms with Crippen molar-refractivity contribution < 1.29 is 14.4 Å². The summed E-state index contributed by atoms with van der Waals surface area (Å²) in [5.41, 5.74) is 4.43. The molecule has 2 heterocycles. The number of rotatable bonds is 4. The van der Waals surface area contributed by atoms with Gasteiger partial charge in [-0.25, -0.2) is 0 Å². The Balaban J connectivity index is 1.34. The Morgan fingerprint density at radius 1 is 1.03 bits per heavy atom. The van der Waals surface area contributed by atoms with E-state index in [0.29, 0.717) is 0 Å². The van der Waals surface area contributed by atoms with Crippen LogP contribution in [0.15, 0.2) is 42.5 Å². The molecule has 0 spiro atoms. The third-order valence-corrected chi connectivity index (χ3v) is 6.17. The fourth-order valence-corrected chi connectivity index (χ4v) is 4.31. The number of carbonyl (C=O) groups excluding carboxylic acids is 1. The zero-order valence-corrected chi connectivity index (χ0v) is 17.8. The second-order valence-corrected chi connectivity index (χ2v) is 8.38. The summed E-state index contributed by atoms with van der Waals surface area (Å²) < 4.78 is 5.42. The van der Waals surface area contributed by atoms with E-state index in [1.54, 1.807) is 4.90 Å². The number of morpholine rings is 1. The minimum atomic E-state index is 0.123. The second kappa shape index (κ2) is 9.16. The van der Waals surface area contributed by atoms with Gasteiger partial charge in [0, 0.05) is 48.0 Å². The normalized spacial score (nSPS) is 18.1. The van der Waals surface area contributed by atoms with Gasteiger partial charge in [0.25, 0.3) is 5.91 Å². The van der Waals surface area contributed by atoms with Gasteiger partial charge in [0.2, 0.25) is 0 Å². The first-order valence-corrected chi connectivity index (χ1v) is 10.8. The molecule has 0 radical (unpaired) electrons. The molecule has 2 aromatic rings. The van der Waals surface area contributed by atoms with Crippen LogP contribution in [0.3, 0.4) is 0 Å². The first-order chi connectivity index (χ1) is 14.1. The first-order valence-electron chi connectivity index (χ1n) is 10.4. The van der Waals surface area contributed by atoms with E-state index >= 15 is 0 Å². The minimum Gasteiger partial charge on any atom is -0.370 e. The Morgan fingerprint density at radius 3 is 2.41 bits per heavy atom. The van der Waals surface area contributed by atoms with Crippen molar-refractivity contribution in [3.8, 4) is 0 Å². The van der Waals surface area contributed by atoms with E-state index in [1.807, 2.05) is 29.2 Å². The molecule has 6 heteroatoms. The molecular weight excluding hydrogens is 386 g/mol. The lowest BCUT2D eigenvalue weighted by molar-refractivity contribution is -0.921. The van der Waals surface area contributed by atoms with Crippen molar-refractivity contribution >= 4 is 23.2 Å². The highest BCUT2D eigenvalue weighted by atomic mass is 35.5. The number of nitrogens with zero attached hydrogens (tertiary/aromatic N) is 2. The van der Waals surface area contributed by atoms with Crippen LogP contribution >= 0.6 is 11.6 Å². The molecule has 0 bridgehead atoms. The summed E-state index contributed by atoms with van der Waals surface area (Å²) in [6.07, 6.45) is 0. The first kappa shape index (κ1) is 20.2. The quantitative estimate of drug-likeness (QED) is 0.831. The fourth-order valence-electron chi connectivity index (χ4n) is 4.15. The average molecular weight is 415 g/mol. The van der Waals surface area contributed by atoms with Gasteiger partial charge in [0.1, 0.15) is 19.6 Å². The van der Waals surface area contributed by atoms with Crippen LogP contribution < -0.4 is 9.80 Å². The smallest absolute Gasteiger partial charge is 0.253 e. The number of amides is 1. The Bertz CT molecular complexity index is 842. The molecule has 2 aliphatic rings. The van der Waals surface area contributed by atoms with Gasteiger partial charge >= 0.3 is 0 Å². The monoisotopic (exact) mass is 414 g/mol. The molecule has 0 aliphatic carbocycles. The molecule has 0 atom stereocenters. The third-order valence-electron chi connectivity index (χ3n) is 5.93. The highest BCUT2D eigenvalue weighted by Crippen LogP contribution is 2.25. The molecule has 1 N–H and O–H groups in total. The number of quaternary nitrogens is 1. The topological polar surface area (TPSA) is 37.2 Å². The molecule has 0 aromatic heterocycles. The Morgan fingerprint density at radius 2 is 1.72 bits per heavy atom. The van der Waals surface area contributed by atoms with Gasteiger partial charge in [-0.2, -0.15) is 0 Å². The van der Waals surface area contributed by atoms with Gasteiger partial charge in [0.15, 0.2) is 0 Å². The predicted octanol–water partition coefficient (Wildman–Crippen LogP) is 2.03. The molecule has 0 saturated carbocycles. The number of hydrogen-bond donors (Lipinski definition) is 1. The molecule has 29 heavy (non-hydrogen) atoms. The van der Waals surface area contributed by atoms with Crippen molar-refractivity contribution in [2.45, 2.75) is 13.5 Å². The van der Waals surface area contributed by atoms with Crippen molar-refractivity contribution in [2.24, 2.45) is 0 Å². The van der Waals surface area contributed by atoms with Crippen LogP contribution in [-0.2, 0) is 11.3 Å². The van der Waals surface area contributed by atoms with Crippen LogP contribution in [-0.4, -0.2) is 63.3 Å². The highest BCUT2D eigenvalue weighted by Gasteiger charge is 2.23. The number of anilines is 1. The van der Waals surface area contributed by atoms with E-state index in [9.17, 15) is 4.79 Å². The van der Waals surface area contributed by atoms with Gasteiger partial charge in [-0.3, -0.25) is 4.79 Å². The zero-order valence-electron chi connectivity index (χ0n) is 17.0. The van der Waals surface area contributed by atoms with Crippen LogP contribution in [0.5, 0.6) is 0 Å². The Hall–Kier alpha value is -2.08. The molecule has 5 nitrogen and oxygen atoms in total. The van der Waals surface area contributed by atoms with Gasteiger partial charge in [-0.15, -0.1) is 0 Å². The standard InChI is InChI=1S/C23H28ClN3O2/c1-18-2-7-21(24)16-22(18)26-8-10-27(11-9-26)23(28)20-5-3-19(4-6-20)17-25-12-14-29-15-13-25/h2-7,16H,8-15,17H2,1H3/p+1. The average Bonchev–Trinajstić information content (AvgIpc) is 2.76. The van der Waals surface area contributed by atoms with Crippen LogP contribution in [0.2, 0.25) is 5.02 Å². The summed E-state index contributed by atoms with van der Waals surface area (Å²) in [5, 5.41) is 0.753. The molecule has 2 aromatic carbocycles. The van der Waals surface area contributed by atoms with Crippen molar-refractivity contribution in [3.63, 3.8) is 0 Å². The second-order valence-electron chi connectivity index (χ2n) is 7.95. The van der Waals surface area contributed by atoms with Gasteiger partial charge in [-0.05, 0) is 36.8 Å². The summed E-state index contributed by atoms with van der Waals surface area (Å²) >= 11 is 6.17. The summed E-state index contributed by atoms with van der Waals surface area (Å²) in [6, 6.07) is 14.1. The number of ether oxygens (including phenoxy) is 1. The van der Waals surface area contributed by atoms with E-state index in [4.69, 9.17) is 16.3 Å². The number of aryl methyl sites for hydroxylation is 1. The van der Waals surface area contributed by atoms with E-state index in [2.05, 4.69) is 30.0 Å². The number of benzene rings is 2. The largest absolute Gasteiger partial charge is 0.370 e. The SMILES string of the molecule is Cc1ccc(Cl)cc1N1CCN(C(=O)c2ccc(C[NH+]3CCOCC3)cc2)CC1. The molecule has 2 fully saturated rings. The lowest BCUT2D eigenvalue weighted by Crippen LogP contribution is -3.12. The number of hydrogen-bond acceptors (Lipinski definition) is 3. The molecule has 4 rings (SSSR count). The number of nitrogens with one attached hydrogen (secondary N) is 1. The predicted molar refractivity (Wildman–Crippen MR) is 116 cm³/mol.